The lowest BCUT2D eigenvalue weighted by atomic mass is 10.1. The SMILES string of the molecule is CN=C(NCCc1ccccc1)NCCc1ccccc1F. The highest BCUT2D eigenvalue weighted by molar-refractivity contribution is 5.79. The van der Waals surface area contributed by atoms with Crippen molar-refractivity contribution in [3.63, 3.8) is 0 Å². The maximum atomic E-state index is 13.5. The maximum absolute atomic E-state index is 13.5. The first-order valence-corrected chi connectivity index (χ1v) is 7.51. The molecule has 0 amide bonds. The van der Waals surface area contributed by atoms with E-state index in [-0.39, 0.29) is 5.82 Å². The highest BCUT2D eigenvalue weighted by Crippen LogP contribution is 2.06. The second-order valence-electron chi connectivity index (χ2n) is 5.00. The molecule has 0 aliphatic heterocycles. The Morgan fingerprint density at radius 1 is 0.909 bits per heavy atom. The van der Waals surface area contributed by atoms with E-state index in [1.165, 1.54) is 11.6 Å². The summed E-state index contributed by atoms with van der Waals surface area (Å²) in [6.45, 7) is 1.45. The molecule has 22 heavy (non-hydrogen) atoms. The number of nitrogens with zero attached hydrogens (tertiary/aromatic N) is 1. The minimum Gasteiger partial charge on any atom is -0.356 e. The molecule has 0 bridgehead atoms. The largest absolute Gasteiger partial charge is 0.356 e. The number of nitrogens with one attached hydrogen (secondary N) is 2. The van der Waals surface area contributed by atoms with Crippen LogP contribution in [0.1, 0.15) is 11.1 Å². The van der Waals surface area contributed by atoms with Gasteiger partial charge in [-0.3, -0.25) is 4.99 Å². The number of aliphatic imine (C=N–C) groups is 1. The predicted molar refractivity (Wildman–Crippen MR) is 89.6 cm³/mol. The van der Waals surface area contributed by atoms with E-state index in [4.69, 9.17) is 0 Å². The van der Waals surface area contributed by atoms with Crippen molar-refractivity contribution in [1.82, 2.24) is 10.6 Å². The normalized spacial score (nSPS) is 11.3. The van der Waals surface area contributed by atoms with Crippen molar-refractivity contribution < 1.29 is 4.39 Å². The Balaban J connectivity index is 1.70. The smallest absolute Gasteiger partial charge is 0.190 e. The van der Waals surface area contributed by atoms with Gasteiger partial charge in [0.2, 0.25) is 0 Å². The van der Waals surface area contributed by atoms with Crippen LogP contribution in [0.3, 0.4) is 0 Å². The van der Waals surface area contributed by atoms with Crippen molar-refractivity contribution in [1.29, 1.82) is 0 Å². The molecule has 2 N–H and O–H groups in total. The molecule has 2 rings (SSSR count). The zero-order valence-electron chi connectivity index (χ0n) is 12.8. The summed E-state index contributed by atoms with van der Waals surface area (Å²) in [5, 5.41) is 6.47. The van der Waals surface area contributed by atoms with Gasteiger partial charge in [0.05, 0.1) is 0 Å². The molecule has 2 aromatic rings. The van der Waals surface area contributed by atoms with Crippen LogP contribution in [0.2, 0.25) is 0 Å². The number of benzene rings is 2. The van der Waals surface area contributed by atoms with E-state index in [1.807, 2.05) is 30.3 Å². The van der Waals surface area contributed by atoms with E-state index in [0.29, 0.717) is 13.0 Å². The fraction of sp³-hybridized carbons (Fsp3) is 0.278. The standard InChI is InChI=1S/C18H22FN3/c1-20-18(21-13-11-15-7-3-2-4-8-15)22-14-12-16-9-5-6-10-17(16)19/h2-10H,11-14H2,1H3,(H2,20,21,22). The molecule has 0 unspecified atom stereocenters. The molecule has 0 aliphatic carbocycles. The van der Waals surface area contributed by atoms with E-state index in [0.717, 1.165) is 24.5 Å². The Bertz CT molecular complexity index is 596. The highest BCUT2D eigenvalue weighted by Gasteiger charge is 2.01. The fourth-order valence-electron chi connectivity index (χ4n) is 2.21. The van der Waals surface area contributed by atoms with Crippen LogP contribution in [0.4, 0.5) is 4.39 Å². The molecule has 4 heteroatoms. The Hall–Kier alpha value is -2.36. The Labute approximate surface area is 131 Å². The second kappa shape index (κ2) is 8.82. The topological polar surface area (TPSA) is 36.4 Å². The number of rotatable bonds is 6. The van der Waals surface area contributed by atoms with E-state index < -0.39 is 0 Å². The van der Waals surface area contributed by atoms with Gasteiger partial charge in [-0.15, -0.1) is 0 Å². The molecule has 2 aromatic carbocycles. The van der Waals surface area contributed by atoms with Crippen LogP contribution in [0.25, 0.3) is 0 Å². The maximum Gasteiger partial charge on any atom is 0.190 e. The second-order valence-corrected chi connectivity index (χ2v) is 5.00. The van der Waals surface area contributed by atoms with Crippen LogP contribution in [-0.4, -0.2) is 26.1 Å². The van der Waals surface area contributed by atoms with Crippen molar-refractivity contribution in [2.75, 3.05) is 20.1 Å². The number of halogens is 1. The van der Waals surface area contributed by atoms with Crippen LogP contribution in [-0.2, 0) is 12.8 Å². The average Bonchev–Trinajstić information content (AvgIpc) is 2.56. The first-order valence-electron chi connectivity index (χ1n) is 7.51. The molecule has 0 spiro atoms. The van der Waals surface area contributed by atoms with Crippen LogP contribution in [0, 0.1) is 5.82 Å². The first-order chi connectivity index (χ1) is 10.8. The molecular formula is C18H22FN3. The summed E-state index contributed by atoms with van der Waals surface area (Å²) in [7, 11) is 1.74. The zero-order valence-corrected chi connectivity index (χ0v) is 12.8. The van der Waals surface area contributed by atoms with Gasteiger partial charge in [-0.25, -0.2) is 4.39 Å². The summed E-state index contributed by atoms with van der Waals surface area (Å²) < 4.78 is 13.5. The Morgan fingerprint density at radius 2 is 1.55 bits per heavy atom. The van der Waals surface area contributed by atoms with Gasteiger partial charge in [0.15, 0.2) is 5.96 Å². The van der Waals surface area contributed by atoms with Crippen LogP contribution < -0.4 is 10.6 Å². The van der Waals surface area contributed by atoms with Crippen LogP contribution in [0.15, 0.2) is 59.6 Å². The summed E-state index contributed by atoms with van der Waals surface area (Å²) in [6.07, 6.45) is 1.57. The molecule has 0 heterocycles. The van der Waals surface area contributed by atoms with Crippen LogP contribution in [0.5, 0.6) is 0 Å². The van der Waals surface area contributed by atoms with E-state index >= 15 is 0 Å². The third-order valence-electron chi connectivity index (χ3n) is 3.42. The van der Waals surface area contributed by atoms with E-state index in [2.05, 4.69) is 27.8 Å². The third-order valence-corrected chi connectivity index (χ3v) is 3.42. The average molecular weight is 299 g/mol. The summed E-state index contributed by atoms with van der Waals surface area (Å²) in [5.41, 5.74) is 2.01. The number of hydrogen-bond acceptors (Lipinski definition) is 1. The van der Waals surface area contributed by atoms with Gasteiger partial charge >= 0.3 is 0 Å². The number of hydrogen-bond donors (Lipinski definition) is 2. The lowest BCUT2D eigenvalue weighted by Crippen LogP contribution is -2.39. The highest BCUT2D eigenvalue weighted by atomic mass is 19.1. The van der Waals surface area contributed by atoms with Crippen molar-refractivity contribution in [2.45, 2.75) is 12.8 Å². The minimum atomic E-state index is -0.156. The molecule has 0 saturated carbocycles. The van der Waals surface area contributed by atoms with E-state index in [9.17, 15) is 4.39 Å². The van der Waals surface area contributed by atoms with Crippen molar-refractivity contribution in [3.05, 3.63) is 71.5 Å². The van der Waals surface area contributed by atoms with Gasteiger partial charge < -0.3 is 10.6 Å². The molecule has 116 valence electrons. The van der Waals surface area contributed by atoms with Gasteiger partial charge in [-0.2, -0.15) is 0 Å². The lowest BCUT2D eigenvalue weighted by molar-refractivity contribution is 0.606. The molecule has 0 fully saturated rings. The van der Waals surface area contributed by atoms with Gasteiger partial charge in [-0.1, -0.05) is 48.5 Å². The predicted octanol–water partition coefficient (Wildman–Crippen LogP) is 2.78. The molecule has 0 atom stereocenters. The zero-order chi connectivity index (χ0) is 15.6. The van der Waals surface area contributed by atoms with Crippen molar-refractivity contribution in [3.8, 4) is 0 Å². The molecule has 0 aliphatic rings. The summed E-state index contributed by atoms with van der Waals surface area (Å²) in [6, 6.07) is 17.2. The van der Waals surface area contributed by atoms with Gasteiger partial charge in [0.25, 0.3) is 0 Å². The van der Waals surface area contributed by atoms with Crippen molar-refractivity contribution >= 4 is 5.96 Å². The van der Waals surface area contributed by atoms with Crippen molar-refractivity contribution in [2.24, 2.45) is 4.99 Å². The molecule has 0 radical (unpaired) electrons. The summed E-state index contributed by atoms with van der Waals surface area (Å²) in [5.74, 6) is 0.587. The number of guanidine groups is 1. The Kier molecular flexibility index (Phi) is 6.42. The quantitative estimate of drug-likeness (QED) is 0.635. The molecule has 0 aromatic heterocycles. The summed E-state index contributed by atoms with van der Waals surface area (Å²) in [4.78, 5) is 4.17. The molecular weight excluding hydrogens is 277 g/mol. The van der Waals surface area contributed by atoms with Gasteiger partial charge in [-0.05, 0) is 30.0 Å². The monoisotopic (exact) mass is 299 g/mol. The lowest BCUT2D eigenvalue weighted by Gasteiger charge is -2.12. The first kappa shape index (κ1) is 16.0. The van der Waals surface area contributed by atoms with Gasteiger partial charge in [0.1, 0.15) is 5.82 Å². The third kappa shape index (κ3) is 5.20. The Morgan fingerprint density at radius 3 is 2.23 bits per heavy atom. The molecule has 3 nitrogen and oxygen atoms in total. The van der Waals surface area contributed by atoms with E-state index in [1.54, 1.807) is 13.1 Å². The summed E-state index contributed by atoms with van der Waals surface area (Å²) >= 11 is 0. The minimum absolute atomic E-state index is 0.156. The van der Waals surface area contributed by atoms with Crippen LogP contribution >= 0.6 is 0 Å². The van der Waals surface area contributed by atoms with Gasteiger partial charge in [0, 0.05) is 20.1 Å². The fourth-order valence-corrected chi connectivity index (χ4v) is 2.21. The molecule has 0 saturated heterocycles.